The summed E-state index contributed by atoms with van der Waals surface area (Å²) in [7, 11) is 1.90. The van der Waals surface area contributed by atoms with Crippen LogP contribution in [0.15, 0.2) is 0 Å². The molecule has 0 saturated carbocycles. The predicted molar refractivity (Wildman–Crippen MR) is 57.6 cm³/mol. The molecule has 4 nitrogen and oxygen atoms in total. The fraction of sp³-hybridized carbons (Fsp3) is 0.909. The van der Waals surface area contributed by atoms with E-state index in [1.807, 2.05) is 11.9 Å². The standard InChI is InChI=1S/C11H20N2O2/c1-8(2)9-6-11(10(14)13(9)3)7-15-5-4-12-11/h8-9,12H,4-7H2,1-3H3. The SMILES string of the molecule is CC(C)C1CC2(COCCN2)C(=O)N1C. The number of carbonyl (C=O) groups excluding carboxylic acids is 1. The van der Waals surface area contributed by atoms with Crippen molar-refractivity contribution in [1.82, 2.24) is 10.2 Å². The van der Waals surface area contributed by atoms with Crippen LogP contribution in [0, 0.1) is 5.92 Å². The summed E-state index contributed by atoms with van der Waals surface area (Å²) < 4.78 is 5.44. The Hall–Kier alpha value is -0.610. The van der Waals surface area contributed by atoms with Crippen LogP contribution in [0.5, 0.6) is 0 Å². The lowest BCUT2D eigenvalue weighted by atomic mass is 9.91. The number of likely N-dealkylation sites (N-methyl/N-ethyl adjacent to an activating group) is 1. The molecular formula is C11H20N2O2. The third-order valence-electron chi connectivity index (χ3n) is 3.61. The van der Waals surface area contributed by atoms with Crippen molar-refractivity contribution in [2.45, 2.75) is 31.8 Å². The number of nitrogens with one attached hydrogen (secondary N) is 1. The Bertz CT molecular complexity index is 259. The number of ether oxygens (including phenoxy) is 1. The molecule has 2 unspecified atom stereocenters. The molecule has 0 aromatic heterocycles. The quantitative estimate of drug-likeness (QED) is 0.676. The van der Waals surface area contributed by atoms with E-state index in [-0.39, 0.29) is 5.91 Å². The zero-order valence-corrected chi connectivity index (χ0v) is 9.75. The van der Waals surface area contributed by atoms with Gasteiger partial charge in [-0.05, 0) is 12.3 Å². The van der Waals surface area contributed by atoms with Gasteiger partial charge in [0.05, 0.1) is 13.2 Å². The molecule has 2 atom stereocenters. The maximum absolute atomic E-state index is 12.2. The molecule has 2 aliphatic rings. The van der Waals surface area contributed by atoms with Crippen LogP contribution < -0.4 is 5.32 Å². The van der Waals surface area contributed by atoms with E-state index in [9.17, 15) is 4.79 Å². The van der Waals surface area contributed by atoms with Crippen LogP contribution in [0.1, 0.15) is 20.3 Å². The Morgan fingerprint density at radius 3 is 2.80 bits per heavy atom. The second kappa shape index (κ2) is 3.76. The average Bonchev–Trinajstić information content (AvgIpc) is 2.46. The van der Waals surface area contributed by atoms with Gasteiger partial charge in [-0.25, -0.2) is 0 Å². The van der Waals surface area contributed by atoms with Crippen LogP contribution in [0.25, 0.3) is 0 Å². The van der Waals surface area contributed by atoms with Gasteiger partial charge < -0.3 is 9.64 Å². The monoisotopic (exact) mass is 212 g/mol. The van der Waals surface area contributed by atoms with Crippen molar-refractivity contribution in [2.24, 2.45) is 5.92 Å². The maximum Gasteiger partial charge on any atom is 0.245 e. The summed E-state index contributed by atoms with van der Waals surface area (Å²) >= 11 is 0. The predicted octanol–water partition coefficient (Wildman–Crippen LogP) is 0.232. The fourth-order valence-corrected chi connectivity index (χ4v) is 2.68. The molecule has 4 heteroatoms. The van der Waals surface area contributed by atoms with E-state index in [1.165, 1.54) is 0 Å². The molecule has 86 valence electrons. The Balaban J connectivity index is 2.18. The molecule has 2 heterocycles. The van der Waals surface area contributed by atoms with Crippen molar-refractivity contribution in [1.29, 1.82) is 0 Å². The third kappa shape index (κ3) is 1.66. The van der Waals surface area contributed by atoms with Crippen LogP contribution >= 0.6 is 0 Å². The summed E-state index contributed by atoms with van der Waals surface area (Å²) in [5.41, 5.74) is -0.429. The number of morpholine rings is 1. The van der Waals surface area contributed by atoms with Gasteiger partial charge in [0, 0.05) is 19.6 Å². The number of likely N-dealkylation sites (tertiary alicyclic amines) is 1. The lowest BCUT2D eigenvalue weighted by Crippen LogP contribution is -2.58. The molecule has 0 radical (unpaired) electrons. The Kier molecular flexibility index (Phi) is 2.73. The minimum Gasteiger partial charge on any atom is -0.378 e. The fourth-order valence-electron chi connectivity index (χ4n) is 2.68. The van der Waals surface area contributed by atoms with E-state index in [0.717, 1.165) is 13.0 Å². The number of hydrogen-bond acceptors (Lipinski definition) is 3. The van der Waals surface area contributed by atoms with Gasteiger partial charge in [0.1, 0.15) is 5.54 Å². The number of rotatable bonds is 1. The maximum atomic E-state index is 12.2. The number of nitrogens with zero attached hydrogens (tertiary/aromatic N) is 1. The van der Waals surface area contributed by atoms with Crippen molar-refractivity contribution in [3.05, 3.63) is 0 Å². The molecule has 1 spiro atoms. The van der Waals surface area contributed by atoms with Crippen LogP contribution in [-0.2, 0) is 9.53 Å². The molecular weight excluding hydrogens is 192 g/mol. The first-order chi connectivity index (χ1) is 7.07. The minimum atomic E-state index is -0.429. The van der Waals surface area contributed by atoms with E-state index >= 15 is 0 Å². The zero-order valence-electron chi connectivity index (χ0n) is 9.75. The zero-order chi connectivity index (χ0) is 11.1. The van der Waals surface area contributed by atoms with E-state index < -0.39 is 5.54 Å². The van der Waals surface area contributed by atoms with Crippen LogP contribution in [-0.4, -0.2) is 49.2 Å². The van der Waals surface area contributed by atoms with Gasteiger partial charge in [0.2, 0.25) is 5.91 Å². The van der Waals surface area contributed by atoms with Crippen LogP contribution in [0.3, 0.4) is 0 Å². The lowest BCUT2D eigenvalue weighted by Gasteiger charge is -2.32. The smallest absolute Gasteiger partial charge is 0.245 e. The Morgan fingerprint density at radius 2 is 2.33 bits per heavy atom. The largest absolute Gasteiger partial charge is 0.378 e. The van der Waals surface area contributed by atoms with Crippen molar-refractivity contribution >= 4 is 5.91 Å². The van der Waals surface area contributed by atoms with Gasteiger partial charge in [0.25, 0.3) is 0 Å². The first-order valence-corrected chi connectivity index (χ1v) is 5.67. The first-order valence-electron chi connectivity index (χ1n) is 5.67. The van der Waals surface area contributed by atoms with Gasteiger partial charge in [-0.3, -0.25) is 10.1 Å². The number of amides is 1. The number of hydrogen-bond donors (Lipinski definition) is 1. The molecule has 2 fully saturated rings. The van der Waals surface area contributed by atoms with E-state index in [0.29, 0.717) is 25.2 Å². The van der Waals surface area contributed by atoms with E-state index in [2.05, 4.69) is 19.2 Å². The van der Waals surface area contributed by atoms with Gasteiger partial charge in [-0.2, -0.15) is 0 Å². The normalized spacial score (nSPS) is 36.9. The summed E-state index contributed by atoms with van der Waals surface area (Å²) in [6.07, 6.45) is 0.875. The molecule has 0 bridgehead atoms. The molecule has 0 aliphatic carbocycles. The summed E-state index contributed by atoms with van der Waals surface area (Å²) in [6.45, 7) is 6.35. The summed E-state index contributed by atoms with van der Waals surface area (Å²) in [4.78, 5) is 14.1. The Morgan fingerprint density at radius 1 is 1.60 bits per heavy atom. The highest BCUT2D eigenvalue weighted by atomic mass is 16.5. The van der Waals surface area contributed by atoms with Gasteiger partial charge in [0.15, 0.2) is 0 Å². The highest BCUT2D eigenvalue weighted by Crippen LogP contribution is 2.32. The van der Waals surface area contributed by atoms with Crippen molar-refractivity contribution in [3.8, 4) is 0 Å². The van der Waals surface area contributed by atoms with E-state index in [4.69, 9.17) is 4.74 Å². The average molecular weight is 212 g/mol. The molecule has 15 heavy (non-hydrogen) atoms. The molecule has 2 rings (SSSR count). The summed E-state index contributed by atoms with van der Waals surface area (Å²) in [5, 5.41) is 3.34. The Labute approximate surface area is 91.0 Å². The molecule has 1 amide bonds. The molecule has 1 N–H and O–H groups in total. The molecule has 0 aromatic rings. The third-order valence-corrected chi connectivity index (χ3v) is 3.61. The van der Waals surface area contributed by atoms with Crippen LogP contribution in [0.2, 0.25) is 0 Å². The summed E-state index contributed by atoms with van der Waals surface area (Å²) in [5.74, 6) is 0.697. The number of carbonyl (C=O) groups is 1. The highest BCUT2D eigenvalue weighted by Gasteiger charge is 2.51. The molecule has 2 aliphatic heterocycles. The highest BCUT2D eigenvalue weighted by molar-refractivity contribution is 5.89. The van der Waals surface area contributed by atoms with Gasteiger partial charge >= 0.3 is 0 Å². The summed E-state index contributed by atoms with van der Waals surface area (Å²) in [6, 6.07) is 0.340. The topological polar surface area (TPSA) is 41.6 Å². The van der Waals surface area contributed by atoms with Gasteiger partial charge in [-0.1, -0.05) is 13.8 Å². The van der Waals surface area contributed by atoms with Crippen LogP contribution in [0.4, 0.5) is 0 Å². The van der Waals surface area contributed by atoms with Crippen molar-refractivity contribution in [2.75, 3.05) is 26.8 Å². The van der Waals surface area contributed by atoms with Crippen molar-refractivity contribution < 1.29 is 9.53 Å². The van der Waals surface area contributed by atoms with Crippen molar-refractivity contribution in [3.63, 3.8) is 0 Å². The first kappa shape index (κ1) is 10.9. The van der Waals surface area contributed by atoms with Gasteiger partial charge in [-0.15, -0.1) is 0 Å². The second-order valence-electron chi connectivity index (χ2n) is 4.99. The van der Waals surface area contributed by atoms with E-state index in [1.54, 1.807) is 0 Å². The second-order valence-corrected chi connectivity index (χ2v) is 4.99. The minimum absolute atomic E-state index is 0.195. The molecule has 2 saturated heterocycles. The lowest BCUT2D eigenvalue weighted by molar-refractivity contribution is -0.137. The molecule has 0 aromatic carbocycles.